The minimum absolute atomic E-state index is 0.170. The lowest BCUT2D eigenvalue weighted by Gasteiger charge is -2.31. The Hall–Kier alpha value is -0.770. The number of anilines is 1. The zero-order valence-electron chi connectivity index (χ0n) is 10.1. The SMILES string of the molecule is CN1CCCN(c2ccc(Cl)cc2)C(CO)C1. The van der Waals surface area contributed by atoms with Crippen LogP contribution < -0.4 is 4.90 Å². The molecule has 1 fully saturated rings. The Morgan fingerprint density at radius 3 is 2.65 bits per heavy atom. The summed E-state index contributed by atoms with van der Waals surface area (Å²) in [5.41, 5.74) is 1.14. The quantitative estimate of drug-likeness (QED) is 0.873. The van der Waals surface area contributed by atoms with Gasteiger partial charge in [0.2, 0.25) is 0 Å². The van der Waals surface area contributed by atoms with Crippen LogP contribution in [0, 0.1) is 0 Å². The van der Waals surface area contributed by atoms with Crippen molar-refractivity contribution >= 4 is 17.3 Å². The fourth-order valence-electron chi connectivity index (χ4n) is 2.37. The molecule has 1 N–H and O–H groups in total. The van der Waals surface area contributed by atoms with E-state index in [4.69, 9.17) is 11.6 Å². The third-order valence-electron chi connectivity index (χ3n) is 3.27. The van der Waals surface area contributed by atoms with Crippen LogP contribution in [0.3, 0.4) is 0 Å². The molecule has 0 saturated carbocycles. The first kappa shape index (κ1) is 12.7. The lowest BCUT2D eigenvalue weighted by molar-refractivity contribution is 0.229. The van der Waals surface area contributed by atoms with E-state index in [1.54, 1.807) is 0 Å². The number of aliphatic hydroxyl groups excluding tert-OH is 1. The molecule has 1 aliphatic rings. The first-order chi connectivity index (χ1) is 8.20. The van der Waals surface area contributed by atoms with Gasteiger partial charge in [0.15, 0.2) is 0 Å². The number of halogens is 1. The monoisotopic (exact) mass is 254 g/mol. The molecule has 1 atom stereocenters. The molecule has 1 unspecified atom stereocenters. The molecule has 1 aromatic rings. The summed E-state index contributed by atoms with van der Waals surface area (Å²) in [5.74, 6) is 0. The van der Waals surface area contributed by atoms with Gasteiger partial charge in [0.05, 0.1) is 12.6 Å². The molecule has 0 spiro atoms. The van der Waals surface area contributed by atoms with Crippen LogP contribution in [0.15, 0.2) is 24.3 Å². The van der Waals surface area contributed by atoms with Crippen molar-refractivity contribution in [1.29, 1.82) is 0 Å². The number of hydrogen-bond donors (Lipinski definition) is 1. The van der Waals surface area contributed by atoms with Gasteiger partial charge in [0, 0.05) is 23.8 Å². The van der Waals surface area contributed by atoms with Crippen molar-refractivity contribution in [1.82, 2.24) is 4.90 Å². The van der Waals surface area contributed by atoms with Crippen molar-refractivity contribution in [2.45, 2.75) is 12.5 Å². The van der Waals surface area contributed by atoms with Gasteiger partial charge in [-0.25, -0.2) is 0 Å². The van der Waals surface area contributed by atoms with Gasteiger partial charge in [-0.05, 0) is 44.3 Å². The molecule has 1 aliphatic heterocycles. The Morgan fingerprint density at radius 2 is 2.00 bits per heavy atom. The normalized spacial score (nSPS) is 22.5. The van der Waals surface area contributed by atoms with Crippen LogP contribution in [-0.2, 0) is 0 Å². The molecular formula is C13H19ClN2O. The Balaban J connectivity index is 2.19. The smallest absolute Gasteiger partial charge is 0.0647 e. The van der Waals surface area contributed by atoms with E-state index in [1.807, 2.05) is 24.3 Å². The second kappa shape index (κ2) is 5.71. The highest BCUT2D eigenvalue weighted by molar-refractivity contribution is 6.30. The number of likely N-dealkylation sites (N-methyl/N-ethyl adjacent to an activating group) is 1. The highest BCUT2D eigenvalue weighted by Gasteiger charge is 2.22. The Labute approximate surface area is 108 Å². The highest BCUT2D eigenvalue weighted by Crippen LogP contribution is 2.22. The molecule has 0 bridgehead atoms. The first-order valence-electron chi connectivity index (χ1n) is 6.02. The maximum absolute atomic E-state index is 9.53. The summed E-state index contributed by atoms with van der Waals surface area (Å²) in [7, 11) is 2.11. The van der Waals surface area contributed by atoms with Crippen molar-refractivity contribution in [2.24, 2.45) is 0 Å². The average Bonchev–Trinajstić information content (AvgIpc) is 2.52. The standard InChI is InChI=1S/C13H19ClN2O/c1-15-7-2-8-16(13(9-15)10-17)12-5-3-11(14)4-6-12/h3-6,13,17H,2,7-10H2,1H3. The van der Waals surface area contributed by atoms with Crippen LogP contribution in [0.2, 0.25) is 5.02 Å². The summed E-state index contributed by atoms with van der Waals surface area (Å²) in [6, 6.07) is 8.02. The highest BCUT2D eigenvalue weighted by atomic mass is 35.5. The van der Waals surface area contributed by atoms with Crippen molar-refractivity contribution in [3.63, 3.8) is 0 Å². The van der Waals surface area contributed by atoms with E-state index < -0.39 is 0 Å². The van der Waals surface area contributed by atoms with E-state index in [9.17, 15) is 5.11 Å². The van der Waals surface area contributed by atoms with E-state index in [0.29, 0.717) is 0 Å². The number of rotatable bonds is 2. The topological polar surface area (TPSA) is 26.7 Å². The molecule has 1 heterocycles. The third kappa shape index (κ3) is 3.12. The molecule has 17 heavy (non-hydrogen) atoms. The zero-order valence-corrected chi connectivity index (χ0v) is 10.9. The lowest BCUT2D eigenvalue weighted by Crippen LogP contribution is -2.42. The fraction of sp³-hybridized carbons (Fsp3) is 0.538. The summed E-state index contributed by atoms with van der Waals surface area (Å²) >= 11 is 5.90. The van der Waals surface area contributed by atoms with Gasteiger partial charge >= 0.3 is 0 Å². The van der Waals surface area contributed by atoms with Gasteiger partial charge in [-0.1, -0.05) is 11.6 Å². The van der Waals surface area contributed by atoms with Gasteiger partial charge in [0.1, 0.15) is 0 Å². The third-order valence-corrected chi connectivity index (χ3v) is 3.52. The van der Waals surface area contributed by atoms with Crippen LogP contribution in [0.4, 0.5) is 5.69 Å². The van der Waals surface area contributed by atoms with Crippen LogP contribution in [0.5, 0.6) is 0 Å². The van der Waals surface area contributed by atoms with Crippen LogP contribution in [-0.4, -0.2) is 49.3 Å². The van der Waals surface area contributed by atoms with E-state index in [0.717, 1.165) is 36.8 Å². The lowest BCUT2D eigenvalue weighted by atomic mass is 10.2. The van der Waals surface area contributed by atoms with E-state index in [1.165, 1.54) is 0 Å². The molecule has 0 aromatic heterocycles. The van der Waals surface area contributed by atoms with Crippen molar-refractivity contribution in [3.05, 3.63) is 29.3 Å². The first-order valence-corrected chi connectivity index (χ1v) is 6.40. The van der Waals surface area contributed by atoms with Gasteiger partial charge in [0.25, 0.3) is 0 Å². The zero-order chi connectivity index (χ0) is 12.3. The van der Waals surface area contributed by atoms with Crippen LogP contribution in [0.25, 0.3) is 0 Å². The maximum atomic E-state index is 9.53. The Kier molecular flexibility index (Phi) is 4.26. The minimum Gasteiger partial charge on any atom is -0.394 e. The summed E-state index contributed by atoms with van der Waals surface area (Å²) < 4.78 is 0. The predicted octanol–water partition coefficient (Wildman–Crippen LogP) is 1.84. The van der Waals surface area contributed by atoms with Crippen LogP contribution in [0.1, 0.15) is 6.42 Å². The molecule has 4 heteroatoms. The van der Waals surface area contributed by atoms with Crippen molar-refractivity contribution in [3.8, 4) is 0 Å². The second-order valence-corrected chi connectivity index (χ2v) is 5.06. The molecule has 1 aromatic carbocycles. The Bertz CT molecular complexity index is 355. The van der Waals surface area contributed by atoms with E-state index in [2.05, 4.69) is 16.8 Å². The van der Waals surface area contributed by atoms with Gasteiger partial charge in [-0.15, -0.1) is 0 Å². The van der Waals surface area contributed by atoms with Gasteiger partial charge in [-0.2, -0.15) is 0 Å². The number of benzene rings is 1. The van der Waals surface area contributed by atoms with Crippen LogP contribution >= 0.6 is 11.6 Å². The molecule has 2 rings (SSSR count). The number of nitrogens with zero attached hydrogens (tertiary/aromatic N) is 2. The second-order valence-electron chi connectivity index (χ2n) is 4.62. The molecule has 3 nitrogen and oxygen atoms in total. The van der Waals surface area contributed by atoms with E-state index >= 15 is 0 Å². The fourth-order valence-corrected chi connectivity index (χ4v) is 2.50. The molecule has 0 amide bonds. The van der Waals surface area contributed by atoms with E-state index in [-0.39, 0.29) is 12.6 Å². The number of aliphatic hydroxyl groups is 1. The molecule has 1 saturated heterocycles. The molecule has 0 aliphatic carbocycles. The average molecular weight is 255 g/mol. The van der Waals surface area contributed by atoms with Crippen molar-refractivity contribution < 1.29 is 5.11 Å². The molecule has 0 radical (unpaired) electrons. The molecular weight excluding hydrogens is 236 g/mol. The predicted molar refractivity (Wildman–Crippen MR) is 71.8 cm³/mol. The summed E-state index contributed by atoms with van der Waals surface area (Å²) in [4.78, 5) is 4.55. The van der Waals surface area contributed by atoms with Gasteiger partial charge < -0.3 is 14.9 Å². The minimum atomic E-state index is 0.170. The maximum Gasteiger partial charge on any atom is 0.0647 e. The van der Waals surface area contributed by atoms with Gasteiger partial charge in [-0.3, -0.25) is 0 Å². The summed E-state index contributed by atoms with van der Waals surface area (Å²) in [6.45, 7) is 3.16. The summed E-state index contributed by atoms with van der Waals surface area (Å²) in [5, 5.41) is 10.3. The van der Waals surface area contributed by atoms with Crippen molar-refractivity contribution in [2.75, 3.05) is 38.2 Å². The summed E-state index contributed by atoms with van der Waals surface area (Å²) in [6.07, 6.45) is 1.12. The Morgan fingerprint density at radius 1 is 1.29 bits per heavy atom. The number of hydrogen-bond acceptors (Lipinski definition) is 3. The molecule has 94 valence electrons. The largest absolute Gasteiger partial charge is 0.394 e.